The van der Waals surface area contributed by atoms with Crippen molar-refractivity contribution in [2.24, 2.45) is 23.7 Å². The molecule has 2 aromatic rings. The smallest absolute Gasteiger partial charge is 0.230 e. The number of benzene rings is 1. The first kappa shape index (κ1) is 17.0. The molecule has 2 aliphatic carbocycles. The van der Waals surface area contributed by atoms with Crippen LogP contribution in [0.2, 0.25) is 0 Å². The van der Waals surface area contributed by atoms with Crippen LogP contribution in [0.15, 0.2) is 29.6 Å². The number of nitrogens with one attached hydrogen (secondary N) is 1. The summed E-state index contributed by atoms with van der Waals surface area (Å²) in [5.41, 5.74) is 1.69. The minimum Gasteiger partial charge on any atom is -0.550 e. The number of anilines is 1. The number of rotatable bonds is 5. The van der Waals surface area contributed by atoms with Crippen molar-refractivity contribution in [1.82, 2.24) is 4.98 Å². The van der Waals surface area contributed by atoms with E-state index in [1.54, 1.807) is 7.11 Å². The van der Waals surface area contributed by atoms with Crippen LogP contribution in [0.25, 0.3) is 11.3 Å². The third kappa shape index (κ3) is 2.96. The average molecular weight is 371 g/mol. The zero-order chi connectivity index (χ0) is 18.3. The minimum absolute atomic E-state index is 0.0758. The van der Waals surface area contributed by atoms with E-state index in [1.165, 1.54) is 11.3 Å². The Morgan fingerprint density at radius 2 is 1.88 bits per heavy atom. The Hall–Kier alpha value is -2.41. The lowest BCUT2D eigenvalue weighted by Gasteiger charge is -2.30. The summed E-state index contributed by atoms with van der Waals surface area (Å²) in [5, 5.41) is 16.7. The summed E-state index contributed by atoms with van der Waals surface area (Å²) in [6.45, 7) is 0. The molecule has 7 heteroatoms. The zero-order valence-corrected chi connectivity index (χ0v) is 15.1. The van der Waals surface area contributed by atoms with Crippen LogP contribution in [-0.4, -0.2) is 24.0 Å². The number of aliphatic carboxylic acids is 1. The number of amides is 1. The van der Waals surface area contributed by atoms with Crippen LogP contribution in [0.3, 0.4) is 0 Å². The molecule has 26 heavy (non-hydrogen) atoms. The van der Waals surface area contributed by atoms with E-state index in [2.05, 4.69) is 10.3 Å². The molecule has 2 aliphatic rings. The number of carboxylic acid groups (broad SMARTS) is 1. The van der Waals surface area contributed by atoms with Crippen LogP contribution >= 0.6 is 11.3 Å². The monoisotopic (exact) mass is 371 g/mol. The lowest BCUT2D eigenvalue weighted by atomic mass is 9.79. The zero-order valence-electron chi connectivity index (χ0n) is 14.3. The molecule has 2 saturated carbocycles. The van der Waals surface area contributed by atoms with Gasteiger partial charge in [0.2, 0.25) is 5.91 Å². The van der Waals surface area contributed by atoms with Crippen molar-refractivity contribution in [2.75, 3.05) is 12.4 Å². The predicted octanol–water partition coefficient (Wildman–Crippen LogP) is 2.17. The predicted molar refractivity (Wildman–Crippen MR) is 95.5 cm³/mol. The van der Waals surface area contributed by atoms with Gasteiger partial charge >= 0.3 is 0 Å². The summed E-state index contributed by atoms with van der Waals surface area (Å²) >= 11 is 1.33. The van der Waals surface area contributed by atoms with Gasteiger partial charge < -0.3 is 20.0 Å². The number of hydrogen-bond donors (Lipinski definition) is 1. The average Bonchev–Trinajstić information content (AvgIpc) is 3.37. The summed E-state index contributed by atoms with van der Waals surface area (Å²) in [6.07, 6.45) is 2.61. The Labute approximate surface area is 155 Å². The maximum absolute atomic E-state index is 12.7. The highest BCUT2D eigenvalue weighted by molar-refractivity contribution is 7.14. The van der Waals surface area contributed by atoms with E-state index in [0.717, 1.165) is 36.3 Å². The maximum atomic E-state index is 12.7. The Morgan fingerprint density at radius 3 is 2.54 bits per heavy atom. The van der Waals surface area contributed by atoms with Crippen molar-refractivity contribution in [3.63, 3.8) is 0 Å². The number of carbonyl (C=O) groups is 2. The molecule has 0 spiro atoms. The third-order valence-electron chi connectivity index (χ3n) is 5.61. The number of nitrogens with zero attached hydrogens (tertiary/aromatic N) is 1. The van der Waals surface area contributed by atoms with Crippen LogP contribution in [-0.2, 0) is 9.59 Å². The van der Waals surface area contributed by atoms with Crippen LogP contribution in [0.1, 0.15) is 19.3 Å². The molecule has 1 heterocycles. The second-order valence-electron chi connectivity index (χ2n) is 6.96. The topological polar surface area (TPSA) is 91.3 Å². The molecule has 2 fully saturated rings. The molecule has 1 N–H and O–H groups in total. The Morgan fingerprint density at radius 1 is 1.19 bits per heavy atom. The van der Waals surface area contributed by atoms with Crippen molar-refractivity contribution < 1.29 is 19.4 Å². The molecule has 6 nitrogen and oxygen atoms in total. The Balaban J connectivity index is 1.48. The van der Waals surface area contributed by atoms with Gasteiger partial charge in [0.1, 0.15) is 5.75 Å². The molecule has 1 amide bonds. The maximum Gasteiger partial charge on any atom is 0.230 e. The summed E-state index contributed by atoms with van der Waals surface area (Å²) in [7, 11) is 1.61. The molecule has 0 radical (unpaired) electrons. The second kappa shape index (κ2) is 6.72. The lowest BCUT2D eigenvalue weighted by Crippen LogP contribution is -2.43. The Bertz CT molecular complexity index is 832. The van der Waals surface area contributed by atoms with E-state index in [-0.39, 0.29) is 17.7 Å². The van der Waals surface area contributed by atoms with Crippen LogP contribution in [0.4, 0.5) is 5.13 Å². The summed E-state index contributed by atoms with van der Waals surface area (Å²) in [4.78, 5) is 28.6. The molecular weight excluding hydrogens is 352 g/mol. The van der Waals surface area contributed by atoms with Gasteiger partial charge in [0, 0.05) is 28.7 Å². The number of ether oxygens (including phenoxy) is 1. The molecule has 1 aromatic carbocycles. The summed E-state index contributed by atoms with van der Waals surface area (Å²) in [6, 6.07) is 7.52. The SMILES string of the molecule is COc1ccc(-c2csc(NC(=O)[C@H]3[C@H]4CC[C@H](C4)[C@@H]3C(=O)[O-])n2)cc1. The summed E-state index contributed by atoms with van der Waals surface area (Å²) < 4.78 is 5.15. The number of thiazole rings is 1. The van der Waals surface area contributed by atoms with Gasteiger partial charge in [-0.3, -0.25) is 4.79 Å². The van der Waals surface area contributed by atoms with Gasteiger partial charge in [0.25, 0.3) is 0 Å². The van der Waals surface area contributed by atoms with Gasteiger partial charge in [-0.05, 0) is 55.4 Å². The van der Waals surface area contributed by atoms with E-state index in [0.29, 0.717) is 5.13 Å². The first-order valence-electron chi connectivity index (χ1n) is 8.68. The number of hydrogen-bond acceptors (Lipinski definition) is 6. The number of methoxy groups -OCH3 is 1. The number of fused-ring (bicyclic) bond motifs is 2. The van der Waals surface area contributed by atoms with Crippen molar-refractivity contribution in [3.05, 3.63) is 29.6 Å². The summed E-state index contributed by atoms with van der Waals surface area (Å²) in [5.74, 6) is -1.54. The first-order valence-corrected chi connectivity index (χ1v) is 9.56. The van der Waals surface area contributed by atoms with Crippen LogP contribution < -0.4 is 15.2 Å². The van der Waals surface area contributed by atoms with Gasteiger partial charge in [0.05, 0.1) is 12.8 Å². The van der Waals surface area contributed by atoms with E-state index >= 15 is 0 Å². The van der Waals surface area contributed by atoms with Gasteiger partial charge in [0.15, 0.2) is 5.13 Å². The number of carbonyl (C=O) groups excluding carboxylic acids is 2. The van der Waals surface area contributed by atoms with E-state index in [4.69, 9.17) is 4.74 Å². The normalized spacial score (nSPS) is 26.7. The molecule has 4 atom stereocenters. The Kier molecular flexibility index (Phi) is 4.40. The standard InChI is InChI=1S/C19H20N2O4S/c1-25-13-6-4-10(5-7-13)14-9-26-19(20-14)21-17(22)15-11-2-3-12(8-11)16(15)18(23)24/h4-7,9,11-12,15-16H,2-3,8H2,1H3,(H,23,24)(H,20,21,22)/p-1/t11-,12+,15-,16-/m0/s1. The van der Waals surface area contributed by atoms with Crippen LogP contribution in [0, 0.1) is 23.7 Å². The van der Waals surface area contributed by atoms with E-state index in [1.807, 2.05) is 29.6 Å². The van der Waals surface area contributed by atoms with Crippen LogP contribution in [0.5, 0.6) is 5.75 Å². The van der Waals surface area contributed by atoms with Gasteiger partial charge in [-0.1, -0.05) is 0 Å². The highest BCUT2D eigenvalue weighted by atomic mass is 32.1. The molecule has 0 saturated heterocycles. The largest absolute Gasteiger partial charge is 0.550 e. The molecule has 2 bridgehead atoms. The van der Waals surface area contributed by atoms with E-state index < -0.39 is 17.8 Å². The van der Waals surface area contributed by atoms with Gasteiger partial charge in [-0.15, -0.1) is 11.3 Å². The fourth-order valence-electron chi connectivity index (χ4n) is 4.42. The van der Waals surface area contributed by atoms with E-state index in [9.17, 15) is 14.7 Å². The molecule has 0 aliphatic heterocycles. The first-order chi connectivity index (χ1) is 12.6. The fraction of sp³-hybridized carbons (Fsp3) is 0.421. The third-order valence-corrected chi connectivity index (χ3v) is 6.37. The van der Waals surface area contributed by atoms with Crippen molar-refractivity contribution in [1.29, 1.82) is 0 Å². The second-order valence-corrected chi connectivity index (χ2v) is 7.82. The molecule has 1 aromatic heterocycles. The lowest BCUT2D eigenvalue weighted by molar-refractivity contribution is -0.314. The minimum atomic E-state index is -1.10. The van der Waals surface area contributed by atoms with Gasteiger partial charge in [-0.25, -0.2) is 4.98 Å². The quantitative estimate of drug-likeness (QED) is 0.870. The fourth-order valence-corrected chi connectivity index (χ4v) is 5.14. The molecule has 136 valence electrons. The number of carboxylic acids is 1. The highest BCUT2D eigenvalue weighted by Crippen LogP contribution is 2.52. The molecule has 4 rings (SSSR count). The molecule has 0 unspecified atom stereocenters. The van der Waals surface area contributed by atoms with Crippen molar-refractivity contribution in [3.8, 4) is 17.0 Å². The van der Waals surface area contributed by atoms with Crippen molar-refractivity contribution >= 4 is 28.3 Å². The highest BCUT2D eigenvalue weighted by Gasteiger charge is 2.51. The van der Waals surface area contributed by atoms with Crippen molar-refractivity contribution in [2.45, 2.75) is 19.3 Å². The molecular formula is C19H19N2O4S-. The van der Waals surface area contributed by atoms with Gasteiger partial charge in [-0.2, -0.15) is 0 Å². The number of aromatic nitrogens is 1.